The van der Waals surface area contributed by atoms with Crippen LogP contribution in [0.5, 0.6) is 0 Å². The summed E-state index contributed by atoms with van der Waals surface area (Å²) in [7, 11) is 0. The van der Waals surface area contributed by atoms with E-state index < -0.39 is 0 Å². The summed E-state index contributed by atoms with van der Waals surface area (Å²) >= 11 is 1.82. The number of anilines is 1. The van der Waals surface area contributed by atoms with Gasteiger partial charge in [0.05, 0.1) is 0 Å². The van der Waals surface area contributed by atoms with Gasteiger partial charge in [-0.05, 0) is 48.4 Å². The molecule has 1 amide bonds. The second-order valence-electron chi connectivity index (χ2n) is 6.50. The van der Waals surface area contributed by atoms with E-state index in [2.05, 4.69) is 53.6 Å². The fourth-order valence-electron chi connectivity index (χ4n) is 3.50. The summed E-state index contributed by atoms with van der Waals surface area (Å²) < 4.78 is 0. The first-order valence-corrected chi connectivity index (χ1v) is 9.69. The lowest BCUT2D eigenvalue weighted by atomic mass is 10.0. The van der Waals surface area contributed by atoms with Gasteiger partial charge in [-0.3, -0.25) is 9.69 Å². The molecule has 0 spiro atoms. The zero-order valence-electron chi connectivity index (χ0n) is 14.6. The van der Waals surface area contributed by atoms with Gasteiger partial charge < -0.3 is 4.90 Å². The number of benzene rings is 1. The smallest absolute Gasteiger partial charge is 0.224 e. The predicted octanol–water partition coefficient (Wildman–Crippen LogP) is 4.33. The van der Waals surface area contributed by atoms with E-state index in [0.29, 0.717) is 6.04 Å². The van der Waals surface area contributed by atoms with Crippen molar-refractivity contribution in [1.29, 1.82) is 0 Å². The van der Waals surface area contributed by atoms with Gasteiger partial charge in [0.25, 0.3) is 0 Å². The second kappa shape index (κ2) is 7.95. The Bertz CT molecular complexity index is 643. The van der Waals surface area contributed by atoms with Crippen LogP contribution in [0.25, 0.3) is 0 Å². The Hall–Kier alpha value is -1.65. The highest BCUT2D eigenvalue weighted by atomic mass is 32.1. The molecule has 0 bridgehead atoms. The third-order valence-electron chi connectivity index (χ3n) is 4.84. The van der Waals surface area contributed by atoms with Crippen LogP contribution in [0.3, 0.4) is 0 Å². The number of piperidine rings is 1. The van der Waals surface area contributed by atoms with Crippen LogP contribution < -0.4 is 4.90 Å². The van der Waals surface area contributed by atoms with Gasteiger partial charge in [0, 0.05) is 43.2 Å². The fraction of sp³-hybridized carbons (Fsp3) is 0.450. The van der Waals surface area contributed by atoms with Crippen molar-refractivity contribution < 1.29 is 4.79 Å². The largest absolute Gasteiger partial charge is 0.310 e. The molecule has 0 N–H and O–H groups in total. The Labute approximate surface area is 148 Å². The van der Waals surface area contributed by atoms with Crippen molar-refractivity contribution in [3.8, 4) is 0 Å². The van der Waals surface area contributed by atoms with Crippen molar-refractivity contribution >= 4 is 22.9 Å². The molecule has 1 aromatic carbocycles. The molecule has 0 radical (unpaired) electrons. The molecule has 0 aliphatic carbocycles. The molecule has 0 saturated carbocycles. The fourth-order valence-corrected chi connectivity index (χ4v) is 4.25. The van der Waals surface area contributed by atoms with Crippen LogP contribution in [0.15, 0.2) is 41.8 Å². The first-order chi connectivity index (χ1) is 11.7. The number of thiophene rings is 1. The minimum Gasteiger partial charge on any atom is -0.310 e. The summed E-state index contributed by atoms with van der Waals surface area (Å²) in [6.07, 6.45) is 3.11. The molecule has 24 heavy (non-hydrogen) atoms. The number of carbonyl (C=O) groups excluding carboxylic acids is 1. The van der Waals surface area contributed by atoms with Gasteiger partial charge in [-0.2, -0.15) is 0 Å². The number of hydrogen-bond acceptors (Lipinski definition) is 3. The maximum atomic E-state index is 12.2. The van der Waals surface area contributed by atoms with Crippen LogP contribution >= 0.6 is 11.3 Å². The van der Waals surface area contributed by atoms with Gasteiger partial charge in [-0.25, -0.2) is 0 Å². The summed E-state index contributed by atoms with van der Waals surface area (Å²) in [4.78, 5) is 18.2. The highest BCUT2D eigenvalue weighted by Crippen LogP contribution is 2.25. The molecule has 0 atom stereocenters. The Balaban J connectivity index is 1.64. The molecule has 1 aliphatic heterocycles. The van der Waals surface area contributed by atoms with E-state index in [1.165, 1.54) is 10.4 Å². The lowest BCUT2D eigenvalue weighted by molar-refractivity contribution is -0.117. The number of nitrogens with zero attached hydrogens (tertiary/aromatic N) is 2. The standard InChI is InChI=1S/C20H26N2OS/c1-3-17-6-8-18(9-7-17)22(16(2)23)19-10-12-21(13-11-19)15-20-5-4-14-24-20/h4-9,14,19H,3,10-13,15H2,1-2H3. The molecule has 1 aromatic heterocycles. The summed E-state index contributed by atoms with van der Waals surface area (Å²) in [5, 5.41) is 2.14. The Morgan fingerprint density at radius 2 is 1.92 bits per heavy atom. The van der Waals surface area contributed by atoms with E-state index in [1.807, 2.05) is 16.2 Å². The average Bonchev–Trinajstić information content (AvgIpc) is 3.10. The van der Waals surface area contributed by atoms with Gasteiger partial charge in [-0.15, -0.1) is 11.3 Å². The topological polar surface area (TPSA) is 23.6 Å². The highest BCUT2D eigenvalue weighted by Gasteiger charge is 2.27. The maximum Gasteiger partial charge on any atom is 0.224 e. The molecule has 128 valence electrons. The van der Waals surface area contributed by atoms with Crippen molar-refractivity contribution in [3.05, 3.63) is 52.2 Å². The van der Waals surface area contributed by atoms with Crippen LogP contribution in [0.4, 0.5) is 5.69 Å². The summed E-state index contributed by atoms with van der Waals surface area (Å²) in [5.41, 5.74) is 2.35. The van der Waals surface area contributed by atoms with Crippen molar-refractivity contribution in [3.63, 3.8) is 0 Å². The number of amides is 1. The van der Waals surface area contributed by atoms with Crippen LogP contribution in [0.1, 0.15) is 37.1 Å². The van der Waals surface area contributed by atoms with Gasteiger partial charge in [0.2, 0.25) is 5.91 Å². The minimum atomic E-state index is 0.149. The second-order valence-corrected chi connectivity index (χ2v) is 7.53. The third-order valence-corrected chi connectivity index (χ3v) is 5.70. The first kappa shape index (κ1) is 17.2. The number of carbonyl (C=O) groups is 1. The van der Waals surface area contributed by atoms with Crippen molar-refractivity contribution in [2.45, 2.75) is 45.7 Å². The monoisotopic (exact) mass is 342 g/mol. The summed E-state index contributed by atoms with van der Waals surface area (Å²) in [6.45, 7) is 6.99. The normalized spacial score (nSPS) is 16.2. The average molecular weight is 343 g/mol. The SMILES string of the molecule is CCc1ccc(N(C(C)=O)C2CCN(Cc3cccs3)CC2)cc1. The summed E-state index contributed by atoms with van der Waals surface area (Å²) in [5.74, 6) is 0.149. The van der Waals surface area contributed by atoms with Crippen LogP contribution in [-0.2, 0) is 17.8 Å². The predicted molar refractivity (Wildman–Crippen MR) is 102 cm³/mol. The van der Waals surface area contributed by atoms with Crippen LogP contribution in [-0.4, -0.2) is 29.9 Å². The third kappa shape index (κ3) is 4.05. The van der Waals surface area contributed by atoms with Gasteiger partial charge in [0.15, 0.2) is 0 Å². The number of aryl methyl sites for hydroxylation is 1. The van der Waals surface area contributed by atoms with E-state index in [4.69, 9.17) is 0 Å². The van der Waals surface area contributed by atoms with Crippen molar-refractivity contribution in [1.82, 2.24) is 4.90 Å². The molecular weight excluding hydrogens is 316 g/mol. The van der Waals surface area contributed by atoms with Crippen molar-refractivity contribution in [2.24, 2.45) is 0 Å². The Kier molecular flexibility index (Phi) is 5.69. The maximum absolute atomic E-state index is 12.2. The van der Waals surface area contributed by atoms with E-state index >= 15 is 0 Å². The van der Waals surface area contributed by atoms with Gasteiger partial charge >= 0.3 is 0 Å². The van der Waals surface area contributed by atoms with E-state index in [1.54, 1.807) is 6.92 Å². The molecule has 1 aliphatic rings. The number of hydrogen-bond donors (Lipinski definition) is 0. The molecule has 2 heterocycles. The quantitative estimate of drug-likeness (QED) is 0.807. The van der Waals surface area contributed by atoms with Gasteiger partial charge in [0.1, 0.15) is 0 Å². The zero-order chi connectivity index (χ0) is 16.9. The first-order valence-electron chi connectivity index (χ1n) is 8.81. The molecule has 0 unspecified atom stereocenters. The molecule has 3 nitrogen and oxygen atoms in total. The van der Waals surface area contributed by atoms with E-state index in [9.17, 15) is 4.79 Å². The molecule has 3 rings (SSSR count). The Morgan fingerprint density at radius 1 is 1.21 bits per heavy atom. The highest BCUT2D eigenvalue weighted by molar-refractivity contribution is 7.09. The van der Waals surface area contributed by atoms with Gasteiger partial charge in [-0.1, -0.05) is 25.1 Å². The minimum absolute atomic E-state index is 0.149. The van der Waals surface area contributed by atoms with Crippen LogP contribution in [0, 0.1) is 0 Å². The molecule has 4 heteroatoms. The number of rotatable bonds is 5. The number of likely N-dealkylation sites (tertiary alicyclic amines) is 1. The molecule has 1 saturated heterocycles. The van der Waals surface area contributed by atoms with E-state index in [0.717, 1.165) is 44.6 Å². The molecule has 1 fully saturated rings. The lowest BCUT2D eigenvalue weighted by Gasteiger charge is -2.38. The lowest BCUT2D eigenvalue weighted by Crippen LogP contribution is -2.46. The van der Waals surface area contributed by atoms with Crippen LogP contribution in [0.2, 0.25) is 0 Å². The molecule has 2 aromatic rings. The summed E-state index contributed by atoms with van der Waals surface area (Å²) in [6, 6.07) is 13.1. The zero-order valence-corrected chi connectivity index (χ0v) is 15.4. The molecular formula is C20H26N2OS. The van der Waals surface area contributed by atoms with E-state index in [-0.39, 0.29) is 5.91 Å². The van der Waals surface area contributed by atoms with Crippen molar-refractivity contribution in [2.75, 3.05) is 18.0 Å². The Morgan fingerprint density at radius 3 is 2.46 bits per heavy atom.